The first kappa shape index (κ1) is 13.6. The van der Waals surface area contributed by atoms with Crippen molar-refractivity contribution in [1.82, 2.24) is 14.9 Å². The van der Waals surface area contributed by atoms with E-state index in [0.29, 0.717) is 6.04 Å². The minimum absolute atomic E-state index is 0.707. The standard InChI is InChI=1S/C15H27N3/c1-14(15-7-3-2-4-8-15)17-9-5-6-11-18-12-10-16-13-18/h10,12-15,17H,2-9,11H2,1H3. The largest absolute Gasteiger partial charge is 0.337 e. The van der Waals surface area contributed by atoms with Crippen LogP contribution in [-0.4, -0.2) is 22.1 Å². The molecule has 1 atom stereocenters. The minimum atomic E-state index is 0.707. The van der Waals surface area contributed by atoms with Crippen molar-refractivity contribution in [2.24, 2.45) is 5.92 Å². The maximum absolute atomic E-state index is 4.06. The summed E-state index contributed by atoms with van der Waals surface area (Å²) >= 11 is 0. The highest BCUT2D eigenvalue weighted by Crippen LogP contribution is 2.26. The fourth-order valence-electron chi connectivity index (χ4n) is 2.97. The third-order valence-corrected chi connectivity index (χ3v) is 4.23. The van der Waals surface area contributed by atoms with E-state index in [4.69, 9.17) is 0 Å². The zero-order valence-electron chi connectivity index (χ0n) is 11.6. The van der Waals surface area contributed by atoms with Gasteiger partial charge < -0.3 is 9.88 Å². The quantitative estimate of drug-likeness (QED) is 0.752. The monoisotopic (exact) mass is 249 g/mol. The van der Waals surface area contributed by atoms with Gasteiger partial charge in [-0.2, -0.15) is 0 Å². The lowest BCUT2D eigenvalue weighted by atomic mass is 9.84. The van der Waals surface area contributed by atoms with E-state index in [1.807, 2.05) is 18.7 Å². The Morgan fingerprint density at radius 1 is 1.28 bits per heavy atom. The Labute approximate surface area is 111 Å². The molecule has 1 fully saturated rings. The summed E-state index contributed by atoms with van der Waals surface area (Å²) < 4.78 is 2.16. The SMILES string of the molecule is CC(NCCCCn1ccnc1)C1CCCCC1. The van der Waals surface area contributed by atoms with Crippen molar-refractivity contribution in [3.8, 4) is 0 Å². The Balaban J connectivity index is 1.52. The van der Waals surface area contributed by atoms with E-state index in [0.717, 1.165) is 19.0 Å². The molecule has 0 radical (unpaired) electrons. The number of imidazole rings is 1. The number of nitrogens with one attached hydrogen (secondary N) is 1. The van der Waals surface area contributed by atoms with Crippen LogP contribution in [0.15, 0.2) is 18.7 Å². The van der Waals surface area contributed by atoms with Crippen LogP contribution in [0.1, 0.15) is 51.9 Å². The van der Waals surface area contributed by atoms with Crippen molar-refractivity contribution in [3.63, 3.8) is 0 Å². The molecule has 1 aromatic heterocycles. The van der Waals surface area contributed by atoms with Gasteiger partial charge in [0.2, 0.25) is 0 Å². The van der Waals surface area contributed by atoms with Crippen molar-refractivity contribution in [1.29, 1.82) is 0 Å². The molecule has 102 valence electrons. The van der Waals surface area contributed by atoms with Crippen molar-refractivity contribution >= 4 is 0 Å². The zero-order valence-corrected chi connectivity index (χ0v) is 11.6. The lowest BCUT2D eigenvalue weighted by Gasteiger charge is -2.28. The number of hydrogen-bond acceptors (Lipinski definition) is 2. The first-order valence-electron chi connectivity index (χ1n) is 7.55. The first-order valence-corrected chi connectivity index (χ1v) is 7.55. The molecule has 1 N–H and O–H groups in total. The van der Waals surface area contributed by atoms with Gasteiger partial charge in [0.25, 0.3) is 0 Å². The molecule has 0 aliphatic heterocycles. The van der Waals surface area contributed by atoms with Gasteiger partial charge in [-0.3, -0.25) is 0 Å². The normalized spacial score (nSPS) is 18.9. The van der Waals surface area contributed by atoms with Gasteiger partial charge in [-0.25, -0.2) is 4.98 Å². The highest BCUT2D eigenvalue weighted by molar-refractivity contribution is 4.76. The van der Waals surface area contributed by atoms with Crippen LogP contribution in [0.4, 0.5) is 0 Å². The van der Waals surface area contributed by atoms with E-state index in [-0.39, 0.29) is 0 Å². The molecule has 18 heavy (non-hydrogen) atoms. The van der Waals surface area contributed by atoms with Crippen LogP contribution >= 0.6 is 0 Å². The third-order valence-electron chi connectivity index (χ3n) is 4.23. The van der Waals surface area contributed by atoms with Crippen molar-refractivity contribution in [3.05, 3.63) is 18.7 Å². The molecule has 3 nitrogen and oxygen atoms in total. The molecule has 3 heteroatoms. The molecular weight excluding hydrogens is 222 g/mol. The Bertz CT molecular complexity index is 302. The molecular formula is C15H27N3. The maximum atomic E-state index is 4.06. The summed E-state index contributed by atoms with van der Waals surface area (Å²) in [7, 11) is 0. The second-order valence-electron chi connectivity index (χ2n) is 5.65. The lowest BCUT2D eigenvalue weighted by molar-refractivity contribution is 0.280. The van der Waals surface area contributed by atoms with Crippen molar-refractivity contribution in [2.75, 3.05) is 6.54 Å². The Morgan fingerprint density at radius 3 is 2.83 bits per heavy atom. The first-order chi connectivity index (χ1) is 8.86. The van der Waals surface area contributed by atoms with Crippen LogP contribution in [0.3, 0.4) is 0 Å². The Morgan fingerprint density at radius 2 is 2.11 bits per heavy atom. The van der Waals surface area contributed by atoms with Gasteiger partial charge in [0.05, 0.1) is 6.33 Å². The average Bonchev–Trinajstić information content (AvgIpc) is 2.92. The topological polar surface area (TPSA) is 29.9 Å². The summed E-state index contributed by atoms with van der Waals surface area (Å²) in [6, 6.07) is 0.707. The molecule has 1 aromatic rings. The summed E-state index contributed by atoms with van der Waals surface area (Å²) in [6.07, 6.45) is 15.5. The van der Waals surface area contributed by atoms with E-state index >= 15 is 0 Å². The molecule has 1 saturated carbocycles. The van der Waals surface area contributed by atoms with E-state index in [2.05, 4.69) is 21.8 Å². The van der Waals surface area contributed by atoms with E-state index in [9.17, 15) is 0 Å². The molecule has 1 aliphatic rings. The molecule has 1 aliphatic carbocycles. The zero-order chi connectivity index (χ0) is 12.6. The molecule has 0 aromatic carbocycles. The fraction of sp³-hybridized carbons (Fsp3) is 0.800. The number of aromatic nitrogens is 2. The van der Waals surface area contributed by atoms with Gasteiger partial charge in [0.15, 0.2) is 0 Å². The number of hydrogen-bond donors (Lipinski definition) is 1. The second-order valence-corrected chi connectivity index (χ2v) is 5.65. The predicted molar refractivity (Wildman–Crippen MR) is 75.5 cm³/mol. The Kier molecular flexibility index (Phi) is 5.72. The van der Waals surface area contributed by atoms with Gasteiger partial charge >= 0.3 is 0 Å². The van der Waals surface area contributed by atoms with Crippen LogP contribution < -0.4 is 5.32 Å². The van der Waals surface area contributed by atoms with Crippen LogP contribution in [0.25, 0.3) is 0 Å². The van der Waals surface area contributed by atoms with E-state index in [1.165, 1.54) is 44.9 Å². The van der Waals surface area contributed by atoms with E-state index in [1.54, 1.807) is 0 Å². The molecule has 1 unspecified atom stereocenters. The number of rotatable bonds is 7. The number of aryl methyl sites for hydroxylation is 1. The van der Waals surface area contributed by atoms with Crippen LogP contribution in [0, 0.1) is 5.92 Å². The molecule has 0 amide bonds. The summed E-state index contributed by atoms with van der Waals surface area (Å²) in [6.45, 7) is 4.62. The van der Waals surface area contributed by atoms with Gasteiger partial charge in [-0.1, -0.05) is 19.3 Å². The second kappa shape index (κ2) is 7.57. The molecule has 0 saturated heterocycles. The summed E-state index contributed by atoms with van der Waals surface area (Å²) in [4.78, 5) is 4.06. The van der Waals surface area contributed by atoms with Gasteiger partial charge in [0.1, 0.15) is 0 Å². The van der Waals surface area contributed by atoms with Crippen molar-refractivity contribution < 1.29 is 0 Å². The summed E-state index contributed by atoms with van der Waals surface area (Å²) in [5, 5.41) is 3.71. The van der Waals surface area contributed by atoms with Gasteiger partial charge in [-0.05, 0) is 45.1 Å². The lowest BCUT2D eigenvalue weighted by Crippen LogP contribution is -2.35. The highest BCUT2D eigenvalue weighted by Gasteiger charge is 2.18. The fourth-order valence-corrected chi connectivity index (χ4v) is 2.97. The Hall–Kier alpha value is -0.830. The minimum Gasteiger partial charge on any atom is -0.337 e. The van der Waals surface area contributed by atoms with Crippen LogP contribution in [-0.2, 0) is 6.54 Å². The molecule has 2 rings (SSSR count). The molecule has 0 bridgehead atoms. The smallest absolute Gasteiger partial charge is 0.0945 e. The van der Waals surface area contributed by atoms with Crippen LogP contribution in [0.2, 0.25) is 0 Å². The van der Waals surface area contributed by atoms with Crippen molar-refractivity contribution in [2.45, 2.75) is 64.5 Å². The summed E-state index contributed by atoms with van der Waals surface area (Å²) in [5.74, 6) is 0.924. The van der Waals surface area contributed by atoms with Gasteiger partial charge in [-0.15, -0.1) is 0 Å². The average molecular weight is 249 g/mol. The predicted octanol–water partition coefficient (Wildman–Crippen LogP) is 3.22. The number of nitrogens with zero attached hydrogens (tertiary/aromatic N) is 2. The van der Waals surface area contributed by atoms with Crippen LogP contribution in [0.5, 0.6) is 0 Å². The third kappa shape index (κ3) is 4.45. The number of unbranched alkanes of at least 4 members (excludes halogenated alkanes) is 1. The van der Waals surface area contributed by atoms with Gasteiger partial charge in [0, 0.05) is 25.0 Å². The maximum Gasteiger partial charge on any atom is 0.0945 e. The highest BCUT2D eigenvalue weighted by atomic mass is 15.0. The molecule has 0 spiro atoms. The van der Waals surface area contributed by atoms with E-state index < -0.39 is 0 Å². The summed E-state index contributed by atoms with van der Waals surface area (Å²) in [5.41, 5.74) is 0. The molecule has 1 heterocycles.